The Labute approximate surface area is 168 Å². The lowest BCUT2D eigenvalue weighted by molar-refractivity contribution is -0.113. The molecule has 3 rings (SSSR count). The summed E-state index contributed by atoms with van der Waals surface area (Å²) in [6.07, 6.45) is 0. The van der Waals surface area contributed by atoms with Gasteiger partial charge in [0.2, 0.25) is 5.91 Å². The standard InChI is InChI=1S/C20H21ClN4OS/c1-4-25-19(16-7-5-6-8-17(16)21)23-24-20(25)27-12-18(26)22-15-10-9-13(2)14(3)11-15/h5-11H,4,12H2,1-3H3,(H,22,26). The number of amides is 1. The van der Waals surface area contributed by atoms with Crippen LogP contribution in [0.3, 0.4) is 0 Å². The number of hydrogen-bond acceptors (Lipinski definition) is 4. The molecule has 27 heavy (non-hydrogen) atoms. The van der Waals surface area contributed by atoms with Crippen LogP contribution in [0.5, 0.6) is 0 Å². The molecule has 1 heterocycles. The molecule has 0 saturated heterocycles. The number of hydrogen-bond donors (Lipinski definition) is 1. The Hall–Kier alpha value is -2.31. The molecule has 0 fully saturated rings. The third kappa shape index (κ3) is 4.51. The maximum atomic E-state index is 12.3. The Kier molecular flexibility index (Phi) is 6.19. The minimum Gasteiger partial charge on any atom is -0.325 e. The van der Waals surface area contributed by atoms with Gasteiger partial charge >= 0.3 is 0 Å². The molecule has 0 saturated carbocycles. The molecular weight excluding hydrogens is 380 g/mol. The largest absolute Gasteiger partial charge is 0.325 e. The normalized spacial score (nSPS) is 10.8. The summed E-state index contributed by atoms with van der Waals surface area (Å²) >= 11 is 7.65. The lowest BCUT2D eigenvalue weighted by Gasteiger charge is -2.09. The summed E-state index contributed by atoms with van der Waals surface area (Å²) in [7, 11) is 0. The maximum Gasteiger partial charge on any atom is 0.234 e. The summed E-state index contributed by atoms with van der Waals surface area (Å²) in [5, 5.41) is 12.8. The number of carbonyl (C=O) groups excluding carboxylic acids is 1. The van der Waals surface area contributed by atoms with Gasteiger partial charge in [0.15, 0.2) is 11.0 Å². The van der Waals surface area contributed by atoms with E-state index >= 15 is 0 Å². The zero-order valence-corrected chi connectivity index (χ0v) is 17.1. The van der Waals surface area contributed by atoms with E-state index in [1.54, 1.807) is 0 Å². The number of carbonyl (C=O) groups is 1. The highest BCUT2D eigenvalue weighted by molar-refractivity contribution is 7.99. The average molecular weight is 401 g/mol. The lowest BCUT2D eigenvalue weighted by Crippen LogP contribution is -2.14. The maximum absolute atomic E-state index is 12.3. The van der Waals surface area contributed by atoms with E-state index in [9.17, 15) is 4.79 Å². The molecule has 0 radical (unpaired) electrons. The molecule has 0 aliphatic rings. The zero-order valence-electron chi connectivity index (χ0n) is 15.5. The van der Waals surface area contributed by atoms with Crippen LogP contribution in [-0.4, -0.2) is 26.4 Å². The third-order valence-electron chi connectivity index (χ3n) is 4.27. The Bertz CT molecular complexity index is 970. The van der Waals surface area contributed by atoms with Crippen LogP contribution in [0.1, 0.15) is 18.1 Å². The van der Waals surface area contributed by atoms with Crippen molar-refractivity contribution < 1.29 is 4.79 Å². The van der Waals surface area contributed by atoms with Crippen LogP contribution in [0.25, 0.3) is 11.4 Å². The van der Waals surface area contributed by atoms with Gasteiger partial charge in [-0.3, -0.25) is 4.79 Å². The van der Waals surface area contributed by atoms with Gasteiger partial charge < -0.3 is 9.88 Å². The van der Waals surface area contributed by atoms with Crippen molar-refractivity contribution in [2.75, 3.05) is 11.1 Å². The van der Waals surface area contributed by atoms with E-state index in [1.165, 1.54) is 17.3 Å². The molecule has 140 valence electrons. The van der Waals surface area contributed by atoms with Crippen molar-refractivity contribution in [3.63, 3.8) is 0 Å². The molecular formula is C20H21ClN4OS. The van der Waals surface area contributed by atoms with Crippen LogP contribution in [0.4, 0.5) is 5.69 Å². The zero-order chi connectivity index (χ0) is 19.4. The van der Waals surface area contributed by atoms with Gasteiger partial charge in [-0.15, -0.1) is 10.2 Å². The van der Waals surface area contributed by atoms with Gasteiger partial charge in [-0.05, 0) is 56.2 Å². The Morgan fingerprint density at radius 1 is 1.15 bits per heavy atom. The first-order valence-corrected chi connectivity index (χ1v) is 10.0. The molecule has 5 nitrogen and oxygen atoms in total. The first kappa shape index (κ1) is 19.5. The van der Waals surface area contributed by atoms with E-state index < -0.39 is 0 Å². The highest BCUT2D eigenvalue weighted by atomic mass is 35.5. The fraction of sp³-hybridized carbons (Fsp3) is 0.250. The van der Waals surface area contributed by atoms with E-state index in [0.717, 1.165) is 16.8 Å². The van der Waals surface area contributed by atoms with Gasteiger partial charge in [-0.25, -0.2) is 0 Å². The van der Waals surface area contributed by atoms with Gasteiger partial charge in [0.25, 0.3) is 0 Å². The van der Waals surface area contributed by atoms with Gasteiger partial charge in [0, 0.05) is 17.8 Å². The van der Waals surface area contributed by atoms with Crippen molar-refractivity contribution in [1.29, 1.82) is 0 Å². The topological polar surface area (TPSA) is 59.8 Å². The van der Waals surface area contributed by atoms with Crippen molar-refractivity contribution in [2.24, 2.45) is 0 Å². The summed E-state index contributed by atoms with van der Waals surface area (Å²) < 4.78 is 1.97. The summed E-state index contributed by atoms with van der Waals surface area (Å²) in [6.45, 7) is 6.78. The van der Waals surface area contributed by atoms with E-state index in [1.807, 2.05) is 67.8 Å². The van der Waals surface area contributed by atoms with Crippen LogP contribution in [0.15, 0.2) is 47.6 Å². The molecule has 1 amide bonds. The second-order valence-corrected chi connectivity index (χ2v) is 7.52. The number of rotatable bonds is 6. The second kappa shape index (κ2) is 8.59. The highest BCUT2D eigenvalue weighted by Crippen LogP contribution is 2.29. The molecule has 0 bridgehead atoms. The first-order chi connectivity index (χ1) is 13.0. The summed E-state index contributed by atoms with van der Waals surface area (Å²) in [6, 6.07) is 13.4. The number of thioether (sulfide) groups is 1. The van der Waals surface area contributed by atoms with Crippen LogP contribution in [0, 0.1) is 13.8 Å². The minimum atomic E-state index is -0.0757. The number of aryl methyl sites for hydroxylation is 2. The van der Waals surface area contributed by atoms with Crippen LogP contribution < -0.4 is 5.32 Å². The molecule has 7 heteroatoms. The number of halogens is 1. The predicted molar refractivity (Wildman–Crippen MR) is 111 cm³/mol. The van der Waals surface area contributed by atoms with Crippen molar-refractivity contribution >= 4 is 35.0 Å². The quantitative estimate of drug-likeness (QED) is 0.593. The van der Waals surface area contributed by atoms with Crippen molar-refractivity contribution in [1.82, 2.24) is 14.8 Å². The van der Waals surface area contributed by atoms with Crippen LogP contribution in [-0.2, 0) is 11.3 Å². The third-order valence-corrected chi connectivity index (χ3v) is 5.57. The van der Waals surface area contributed by atoms with E-state index in [4.69, 9.17) is 11.6 Å². The minimum absolute atomic E-state index is 0.0757. The SMILES string of the molecule is CCn1c(SCC(=O)Nc2ccc(C)c(C)c2)nnc1-c1ccccc1Cl. The molecule has 1 N–H and O–H groups in total. The van der Waals surface area contributed by atoms with Gasteiger partial charge in [0.05, 0.1) is 10.8 Å². The fourth-order valence-corrected chi connectivity index (χ4v) is 3.69. The van der Waals surface area contributed by atoms with E-state index in [0.29, 0.717) is 22.5 Å². The predicted octanol–water partition coefficient (Wildman–Crippen LogP) is 4.97. The summed E-state index contributed by atoms with van der Waals surface area (Å²) in [5.74, 6) is 0.890. The molecule has 2 aromatic carbocycles. The Morgan fingerprint density at radius 3 is 2.63 bits per heavy atom. The molecule has 1 aromatic heterocycles. The molecule has 0 unspecified atom stereocenters. The average Bonchev–Trinajstić information content (AvgIpc) is 3.06. The smallest absolute Gasteiger partial charge is 0.234 e. The van der Waals surface area contributed by atoms with Crippen molar-refractivity contribution in [3.8, 4) is 11.4 Å². The second-order valence-electron chi connectivity index (χ2n) is 6.17. The first-order valence-electron chi connectivity index (χ1n) is 8.67. The number of aromatic nitrogens is 3. The molecule has 0 aliphatic carbocycles. The number of anilines is 1. The Balaban J connectivity index is 1.70. The van der Waals surface area contributed by atoms with Crippen LogP contribution >= 0.6 is 23.4 Å². The molecule has 0 aliphatic heterocycles. The molecule has 0 atom stereocenters. The summed E-state index contributed by atoms with van der Waals surface area (Å²) in [5.41, 5.74) is 3.98. The lowest BCUT2D eigenvalue weighted by atomic mass is 10.1. The summed E-state index contributed by atoms with van der Waals surface area (Å²) in [4.78, 5) is 12.3. The van der Waals surface area contributed by atoms with Crippen molar-refractivity contribution in [2.45, 2.75) is 32.5 Å². The van der Waals surface area contributed by atoms with Gasteiger partial charge in [0.1, 0.15) is 0 Å². The number of benzene rings is 2. The van der Waals surface area contributed by atoms with Gasteiger partial charge in [-0.2, -0.15) is 0 Å². The van der Waals surface area contributed by atoms with Gasteiger partial charge in [-0.1, -0.05) is 41.6 Å². The van der Waals surface area contributed by atoms with Crippen molar-refractivity contribution in [3.05, 3.63) is 58.6 Å². The number of nitrogens with one attached hydrogen (secondary N) is 1. The monoisotopic (exact) mass is 400 g/mol. The van der Waals surface area contributed by atoms with E-state index in [2.05, 4.69) is 15.5 Å². The van der Waals surface area contributed by atoms with Crippen LogP contribution in [0.2, 0.25) is 5.02 Å². The Morgan fingerprint density at radius 2 is 1.93 bits per heavy atom. The molecule has 3 aromatic rings. The molecule has 0 spiro atoms. The van der Waals surface area contributed by atoms with E-state index in [-0.39, 0.29) is 11.7 Å². The number of nitrogens with zero attached hydrogens (tertiary/aromatic N) is 3. The fourth-order valence-electron chi connectivity index (χ4n) is 2.67. The highest BCUT2D eigenvalue weighted by Gasteiger charge is 2.16.